The molecule has 1 aliphatic heterocycles. The predicted octanol–water partition coefficient (Wildman–Crippen LogP) is 4.97. The highest BCUT2D eigenvalue weighted by molar-refractivity contribution is 6.39. The van der Waals surface area contributed by atoms with Crippen LogP contribution in [-0.2, 0) is 9.59 Å². The maximum Gasteiger partial charge on any atom is 0.238 e. The molecule has 39 heavy (non-hydrogen) atoms. The van der Waals surface area contributed by atoms with Crippen molar-refractivity contribution >= 4 is 53.1 Å². The molecular weight excluding hydrogens is 564 g/mol. The van der Waals surface area contributed by atoms with Crippen LogP contribution in [0.4, 0.5) is 10.1 Å². The van der Waals surface area contributed by atoms with Gasteiger partial charge in [-0.15, -0.1) is 12.4 Å². The number of amides is 2. The van der Waals surface area contributed by atoms with Gasteiger partial charge in [-0.25, -0.2) is 4.39 Å². The minimum absolute atomic E-state index is 0. The minimum Gasteiger partial charge on any atom is -0.368 e. The third-order valence-corrected chi connectivity index (χ3v) is 7.43. The number of primary amides is 1. The van der Waals surface area contributed by atoms with Crippen molar-refractivity contribution in [1.82, 2.24) is 14.8 Å². The predicted molar refractivity (Wildman–Crippen MR) is 155 cm³/mol. The molecule has 0 saturated carbocycles. The molecule has 3 aromatic rings. The van der Waals surface area contributed by atoms with Gasteiger partial charge in [-0.3, -0.25) is 24.4 Å². The van der Waals surface area contributed by atoms with Gasteiger partial charge in [-0.2, -0.15) is 0 Å². The zero-order valence-electron chi connectivity index (χ0n) is 21.2. The highest BCUT2D eigenvalue weighted by Crippen LogP contribution is 2.31. The van der Waals surface area contributed by atoms with Gasteiger partial charge in [-0.1, -0.05) is 47.5 Å². The zero-order chi connectivity index (χ0) is 27.1. The summed E-state index contributed by atoms with van der Waals surface area (Å²) in [4.78, 5) is 33.2. The molecule has 0 spiro atoms. The van der Waals surface area contributed by atoms with Crippen molar-refractivity contribution in [2.24, 2.45) is 5.73 Å². The van der Waals surface area contributed by atoms with Crippen molar-refractivity contribution in [3.63, 3.8) is 0 Å². The van der Waals surface area contributed by atoms with Gasteiger partial charge < -0.3 is 11.1 Å². The lowest BCUT2D eigenvalue weighted by Crippen LogP contribution is -2.59. The smallest absolute Gasteiger partial charge is 0.238 e. The molecule has 1 saturated heterocycles. The molecule has 2 aromatic carbocycles. The normalized spacial score (nSPS) is 16.7. The average Bonchev–Trinajstić information content (AvgIpc) is 2.90. The molecule has 2 amide bonds. The van der Waals surface area contributed by atoms with Crippen LogP contribution in [0.15, 0.2) is 67.0 Å². The molecule has 2 heterocycles. The molecule has 0 bridgehead atoms. The molecule has 3 N–H and O–H groups in total. The van der Waals surface area contributed by atoms with Gasteiger partial charge in [0.1, 0.15) is 11.9 Å². The molecule has 208 valence electrons. The van der Waals surface area contributed by atoms with E-state index in [9.17, 15) is 14.0 Å². The van der Waals surface area contributed by atoms with Crippen LogP contribution >= 0.6 is 35.6 Å². The van der Waals surface area contributed by atoms with Crippen LogP contribution in [0.3, 0.4) is 0 Å². The van der Waals surface area contributed by atoms with E-state index in [1.807, 2.05) is 23.2 Å². The number of hydrogen-bond donors (Lipinski definition) is 2. The van der Waals surface area contributed by atoms with E-state index in [0.29, 0.717) is 41.9 Å². The Morgan fingerprint density at radius 2 is 1.77 bits per heavy atom. The van der Waals surface area contributed by atoms with E-state index >= 15 is 0 Å². The third kappa shape index (κ3) is 8.37. The Bertz CT molecular complexity index is 1230. The second kappa shape index (κ2) is 14.6. The summed E-state index contributed by atoms with van der Waals surface area (Å²) in [6.07, 6.45) is 5.15. The number of nitrogens with one attached hydrogen (secondary N) is 1. The monoisotopic (exact) mass is 593 g/mol. The van der Waals surface area contributed by atoms with Crippen LogP contribution in [0.25, 0.3) is 0 Å². The molecule has 0 aliphatic carbocycles. The lowest BCUT2D eigenvalue weighted by atomic mass is 9.88. The van der Waals surface area contributed by atoms with E-state index in [-0.39, 0.29) is 36.6 Å². The first-order valence-electron chi connectivity index (χ1n) is 12.5. The van der Waals surface area contributed by atoms with E-state index in [0.717, 1.165) is 24.0 Å². The van der Waals surface area contributed by atoms with Gasteiger partial charge in [0.15, 0.2) is 0 Å². The third-order valence-electron chi connectivity index (χ3n) is 6.80. The second-order valence-corrected chi connectivity index (χ2v) is 10.2. The number of aromatic nitrogens is 1. The number of anilines is 1. The Morgan fingerprint density at radius 1 is 1.05 bits per heavy atom. The first-order chi connectivity index (χ1) is 18.3. The highest BCUT2D eigenvalue weighted by atomic mass is 35.5. The maximum absolute atomic E-state index is 13.5. The molecule has 2 unspecified atom stereocenters. The number of rotatable bonds is 10. The van der Waals surface area contributed by atoms with Crippen LogP contribution in [0.2, 0.25) is 10.0 Å². The standard InChI is InChI=1S/C28H30Cl2FN5O2.ClH/c29-23-6-1-7-24(30)27(23)34-26(37)18-35-14-15-36(25(17-35)28(32)38)13-3-5-22(20-4-2-12-33-16-20)19-8-10-21(31)11-9-19;/h1-2,4,6-12,16,22,25H,3,5,13-15,17-18H2,(H2,32,38)(H,34,37);1H. The minimum atomic E-state index is -0.511. The molecule has 2 atom stereocenters. The van der Waals surface area contributed by atoms with Crippen LogP contribution in [-0.4, -0.2) is 65.4 Å². The Kier molecular flexibility index (Phi) is 11.5. The van der Waals surface area contributed by atoms with Crippen LogP contribution < -0.4 is 11.1 Å². The molecule has 0 radical (unpaired) electrons. The summed E-state index contributed by atoms with van der Waals surface area (Å²) in [5, 5.41) is 3.47. The number of benzene rings is 2. The van der Waals surface area contributed by atoms with Crippen molar-refractivity contribution in [3.8, 4) is 0 Å². The van der Waals surface area contributed by atoms with Crippen molar-refractivity contribution in [2.75, 3.05) is 38.0 Å². The van der Waals surface area contributed by atoms with Gasteiger partial charge >= 0.3 is 0 Å². The number of hydrogen-bond acceptors (Lipinski definition) is 5. The number of nitrogens with two attached hydrogens (primary N) is 1. The summed E-state index contributed by atoms with van der Waals surface area (Å²) >= 11 is 12.3. The topological polar surface area (TPSA) is 91.6 Å². The number of carbonyl (C=O) groups excluding carboxylic acids is 2. The fourth-order valence-corrected chi connectivity index (χ4v) is 5.35. The number of halogens is 4. The lowest BCUT2D eigenvalue weighted by Gasteiger charge is -2.39. The van der Waals surface area contributed by atoms with Crippen molar-refractivity contribution in [3.05, 3.63) is 94.0 Å². The average molecular weight is 595 g/mol. The van der Waals surface area contributed by atoms with Gasteiger partial charge in [0.2, 0.25) is 11.8 Å². The van der Waals surface area contributed by atoms with Gasteiger partial charge in [0.05, 0.1) is 22.3 Å². The van der Waals surface area contributed by atoms with Crippen molar-refractivity contribution < 1.29 is 14.0 Å². The van der Waals surface area contributed by atoms with Gasteiger partial charge in [-0.05, 0) is 60.8 Å². The maximum atomic E-state index is 13.5. The van der Waals surface area contributed by atoms with E-state index in [1.165, 1.54) is 12.1 Å². The number of para-hydroxylation sites is 1. The fraction of sp³-hybridized carbons (Fsp3) is 0.321. The molecule has 11 heteroatoms. The highest BCUT2D eigenvalue weighted by Gasteiger charge is 2.31. The first kappa shape index (κ1) is 30.8. The summed E-state index contributed by atoms with van der Waals surface area (Å²) in [5.74, 6) is -0.913. The Labute approximate surface area is 243 Å². The molecule has 1 fully saturated rings. The Hall–Kier alpha value is -2.75. The van der Waals surface area contributed by atoms with E-state index in [4.69, 9.17) is 28.9 Å². The van der Waals surface area contributed by atoms with Crippen molar-refractivity contribution in [1.29, 1.82) is 0 Å². The van der Waals surface area contributed by atoms with Crippen LogP contribution in [0, 0.1) is 5.82 Å². The Balaban J connectivity index is 0.00000420. The number of pyridine rings is 1. The second-order valence-electron chi connectivity index (χ2n) is 9.37. The zero-order valence-corrected chi connectivity index (χ0v) is 23.6. The number of nitrogens with zero attached hydrogens (tertiary/aromatic N) is 3. The van der Waals surface area contributed by atoms with E-state index < -0.39 is 11.9 Å². The summed E-state index contributed by atoms with van der Waals surface area (Å²) in [6.45, 7) is 2.32. The van der Waals surface area contributed by atoms with Crippen LogP contribution in [0.5, 0.6) is 0 Å². The SMILES string of the molecule is Cl.NC(=O)C1CN(CC(=O)Nc2c(Cl)cccc2Cl)CCN1CCCC(c1ccc(F)cc1)c1cccnc1. The van der Waals surface area contributed by atoms with Gasteiger partial charge in [0, 0.05) is 37.9 Å². The van der Waals surface area contributed by atoms with Gasteiger partial charge in [0.25, 0.3) is 0 Å². The quantitative estimate of drug-likeness (QED) is 0.346. The molecule has 1 aromatic heterocycles. The lowest BCUT2D eigenvalue weighted by molar-refractivity contribution is -0.127. The molecule has 4 rings (SSSR count). The van der Waals surface area contributed by atoms with E-state index in [2.05, 4.69) is 15.2 Å². The number of carbonyl (C=O) groups is 2. The molecular formula is C28H31Cl3FN5O2. The molecule has 7 nitrogen and oxygen atoms in total. The number of piperazine rings is 1. The molecule has 1 aliphatic rings. The summed E-state index contributed by atoms with van der Waals surface area (Å²) in [5.41, 5.74) is 8.20. The van der Waals surface area contributed by atoms with Crippen molar-refractivity contribution in [2.45, 2.75) is 24.8 Å². The van der Waals surface area contributed by atoms with Crippen LogP contribution in [0.1, 0.15) is 29.9 Å². The largest absolute Gasteiger partial charge is 0.368 e. The first-order valence-corrected chi connectivity index (χ1v) is 13.2. The Morgan fingerprint density at radius 3 is 2.41 bits per heavy atom. The fourth-order valence-electron chi connectivity index (χ4n) is 4.86. The summed E-state index contributed by atoms with van der Waals surface area (Å²) in [7, 11) is 0. The van der Waals surface area contributed by atoms with E-state index in [1.54, 1.807) is 36.5 Å². The summed E-state index contributed by atoms with van der Waals surface area (Å²) in [6, 6.07) is 15.0. The summed E-state index contributed by atoms with van der Waals surface area (Å²) < 4.78 is 13.5.